The van der Waals surface area contributed by atoms with Gasteiger partial charge in [-0.2, -0.15) is 0 Å². The molecule has 0 radical (unpaired) electrons. The molecule has 3 rings (SSSR count). The first-order valence-corrected chi connectivity index (χ1v) is 10.0. The van der Waals surface area contributed by atoms with E-state index in [0.29, 0.717) is 22.6 Å². The molecule has 0 saturated carbocycles. The van der Waals surface area contributed by atoms with Crippen molar-refractivity contribution in [3.05, 3.63) is 71.2 Å². The van der Waals surface area contributed by atoms with Crippen molar-refractivity contribution in [2.24, 2.45) is 0 Å². The number of hydrogen-bond donors (Lipinski definition) is 0. The lowest BCUT2D eigenvalue weighted by atomic mass is 10.1. The van der Waals surface area contributed by atoms with Gasteiger partial charge in [-0.3, -0.25) is 0 Å². The van der Waals surface area contributed by atoms with Gasteiger partial charge in [-0.25, -0.2) is 21.9 Å². The number of hydrogen-bond acceptors (Lipinski definition) is 6. The van der Waals surface area contributed by atoms with Crippen LogP contribution in [0.4, 0.5) is 4.39 Å². The normalized spacial score (nSPS) is 11.6. The molecule has 7 nitrogen and oxygen atoms in total. The zero-order valence-electron chi connectivity index (χ0n) is 16.0. The summed E-state index contributed by atoms with van der Waals surface area (Å²) in [5.74, 6) is -0.511. The minimum Gasteiger partial charge on any atom is -0.455 e. The largest absolute Gasteiger partial charge is 0.455 e. The summed E-state index contributed by atoms with van der Waals surface area (Å²) in [5.41, 5.74) is 1.98. The molecule has 0 amide bonds. The van der Waals surface area contributed by atoms with Crippen LogP contribution in [0.25, 0.3) is 11.3 Å². The van der Waals surface area contributed by atoms with Crippen LogP contribution in [0.2, 0.25) is 0 Å². The number of esters is 1. The molecule has 2 aromatic carbocycles. The Kier molecular flexibility index (Phi) is 5.81. The minimum absolute atomic E-state index is 0.0790. The van der Waals surface area contributed by atoms with Crippen LogP contribution in [0.1, 0.15) is 21.6 Å². The maximum Gasteiger partial charge on any atom is 0.338 e. The van der Waals surface area contributed by atoms with Gasteiger partial charge in [0.25, 0.3) is 0 Å². The molecule has 9 heteroatoms. The molecule has 0 bridgehead atoms. The first-order chi connectivity index (χ1) is 13.7. The van der Waals surface area contributed by atoms with Gasteiger partial charge in [0.1, 0.15) is 18.1 Å². The second-order valence-corrected chi connectivity index (χ2v) is 8.63. The summed E-state index contributed by atoms with van der Waals surface area (Å²) in [5, 5.41) is 3.92. The average Bonchev–Trinajstić information content (AvgIpc) is 3.07. The van der Waals surface area contributed by atoms with E-state index in [0.717, 1.165) is 4.31 Å². The zero-order valence-corrected chi connectivity index (χ0v) is 16.9. The lowest BCUT2D eigenvalue weighted by molar-refractivity contribution is 0.0463. The van der Waals surface area contributed by atoms with Crippen LogP contribution < -0.4 is 0 Å². The van der Waals surface area contributed by atoms with Crippen LogP contribution >= 0.6 is 0 Å². The van der Waals surface area contributed by atoms with E-state index in [2.05, 4.69) is 5.16 Å². The second-order valence-electron chi connectivity index (χ2n) is 6.48. The molecule has 0 spiro atoms. The van der Waals surface area contributed by atoms with Crippen LogP contribution in [-0.2, 0) is 21.4 Å². The summed E-state index contributed by atoms with van der Waals surface area (Å²) >= 11 is 0. The highest BCUT2D eigenvalue weighted by Crippen LogP contribution is 2.26. The van der Waals surface area contributed by atoms with Gasteiger partial charge in [0, 0.05) is 25.2 Å². The van der Waals surface area contributed by atoms with Gasteiger partial charge in [-0.1, -0.05) is 5.16 Å². The zero-order chi connectivity index (χ0) is 21.2. The smallest absolute Gasteiger partial charge is 0.338 e. The number of aromatic nitrogens is 1. The Bertz CT molecular complexity index is 1120. The highest BCUT2D eigenvalue weighted by Gasteiger charge is 2.19. The molecular formula is C20H19FN2O5S. The van der Waals surface area contributed by atoms with Crippen molar-refractivity contribution in [2.75, 3.05) is 14.1 Å². The number of rotatable bonds is 6. The van der Waals surface area contributed by atoms with Crippen LogP contribution in [0.5, 0.6) is 0 Å². The van der Waals surface area contributed by atoms with E-state index in [1.165, 1.54) is 50.5 Å². The van der Waals surface area contributed by atoms with E-state index in [1.54, 1.807) is 19.1 Å². The molecule has 1 aromatic heterocycles. The highest BCUT2D eigenvalue weighted by molar-refractivity contribution is 7.89. The summed E-state index contributed by atoms with van der Waals surface area (Å²) < 4.78 is 48.9. The Morgan fingerprint density at radius 1 is 1.10 bits per heavy atom. The number of benzene rings is 2. The number of carbonyl (C=O) groups excluding carboxylic acids is 1. The third-order valence-electron chi connectivity index (χ3n) is 4.34. The number of halogens is 1. The van der Waals surface area contributed by atoms with Crippen molar-refractivity contribution in [1.29, 1.82) is 0 Å². The molecule has 0 aliphatic rings. The van der Waals surface area contributed by atoms with Crippen LogP contribution in [0.3, 0.4) is 0 Å². The average molecular weight is 418 g/mol. The molecular weight excluding hydrogens is 399 g/mol. The molecule has 0 saturated heterocycles. The Morgan fingerprint density at radius 3 is 2.31 bits per heavy atom. The second kappa shape index (κ2) is 8.14. The standard InChI is InChI=1S/C20H19FN2O5S/c1-13-18(22-28-19(13)14-4-8-16(21)9-5-14)12-27-20(24)15-6-10-17(11-7-15)29(25,26)23(2)3/h4-11H,12H2,1-3H3. The van der Waals surface area contributed by atoms with Crippen molar-refractivity contribution in [2.45, 2.75) is 18.4 Å². The monoisotopic (exact) mass is 418 g/mol. The third-order valence-corrected chi connectivity index (χ3v) is 6.16. The van der Waals surface area contributed by atoms with Crippen molar-refractivity contribution in [1.82, 2.24) is 9.46 Å². The number of carbonyl (C=O) groups is 1. The fourth-order valence-corrected chi connectivity index (χ4v) is 3.47. The van der Waals surface area contributed by atoms with Crippen molar-refractivity contribution in [3.8, 4) is 11.3 Å². The molecule has 0 aliphatic carbocycles. The first kappa shape index (κ1) is 20.7. The molecule has 0 fully saturated rings. The minimum atomic E-state index is -3.57. The van der Waals surface area contributed by atoms with E-state index in [4.69, 9.17) is 9.26 Å². The number of sulfonamides is 1. The molecule has 0 aliphatic heterocycles. The van der Waals surface area contributed by atoms with Gasteiger partial charge in [-0.15, -0.1) is 0 Å². The van der Waals surface area contributed by atoms with E-state index in [-0.39, 0.29) is 22.9 Å². The SMILES string of the molecule is Cc1c(COC(=O)c2ccc(S(=O)(=O)N(C)C)cc2)noc1-c1ccc(F)cc1. The van der Waals surface area contributed by atoms with Crippen molar-refractivity contribution >= 4 is 16.0 Å². The Balaban J connectivity index is 1.69. The fraction of sp³-hybridized carbons (Fsp3) is 0.200. The molecule has 3 aromatic rings. The van der Waals surface area contributed by atoms with Gasteiger partial charge in [-0.05, 0) is 55.5 Å². The molecule has 0 unspecified atom stereocenters. The topological polar surface area (TPSA) is 89.7 Å². The third kappa shape index (κ3) is 4.36. The molecule has 29 heavy (non-hydrogen) atoms. The predicted molar refractivity (Wildman–Crippen MR) is 103 cm³/mol. The van der Waals surface area contributed by atoms with Crippen molar-refractivity contribution < 1.29 is 26.9 Å². The quantitative estimate of drug-likeness (QED) is 0.570. The summed E-state index contributed by atoms with van der Waals surface area (Å²) in [7, 11) is -0.714. The van der Waals surface area contributed by atoms with Gasteiger partial charge in [0.05, 0.1) is 10.5 Å². The van der Waals surface area contributed by atoms with Gasteiger partial charge < -0.3 is 9.26 Å². The number of ether oxygens (including phenoxy) is 1. The van der Waals surface area contributed by atoms with Crippen LogP contribution in [0, 0.1) is 12.7 Å². The predicted octanol–water partition coefficient (Wildman–Crippen LogP) is 3.40. The molecule has 152 valence electrons. The van der Waals surface area contributed by atoms with Gasteiger partial charge in [0.15, 0.2) is 5.76 Å². The van der Waals surface area contributed by atoms with E-state index >= 15 is 0 Å². The van der Waals surface area contributed by atoms with Crippen molar-refractivity contribution in [3.63, 3.8) is 0 Å². The van der Waals surface area contributed by atoms with E-state index < -0.39 is 16.0 Å². The molecule has 0 atom stereocenters. The summed E-state index contributed by atoms with van der Waals surface area (Å²) in [6.45, 7) is 1.65. The van der Waals surface area contributed by atoms with Crippen LogP contribution in [0.15, 0.2) is 57.9 Å². The Labute approximate surface area is 167 Å². The molecule has 0 N–H and O–H groups in total. The van der Waals surface area contributed by atoms with E-state index in [1.807, 2.05) is 0 Å². The first-order valence-electron chi connectivity index (χ1n) is 8.61. The lowest BCUT2D eigenvalue weighted by Gasteiger charge is -2.11. The summed E-state index contributed by atoms with van der Waals surface area (Å²) in [6.07, 6.45) is 0. The van der Waals surface area contributed by atoms with Crippen LogP contribution in [-0.4, -0.2) is 37.9 Å². The molecule has 1 heterocycles. The van der Waals surface area contributed by atoms with E-state index in [9.17, 15) is 17.6 Å². The summed E-state index contributed by atoms with van der Waals surface area (Å²) in [4.78, 5) is 12.3. The van der Waals surface area contributed by atoms with Gasteiger partial charge >= 0.3 is 5.97 Å². The van der Waals surface area contributed by atoms with Gasteiger partial charge in [0.2, 0.25) is 10.0 Å². The fourth-order valence-electron chi connectivity index (χ4n) is 2.56. The number of nitrogens with zero attached hydrogens (tertiary/aromatic N) is 2. The summed E-state index contributed by atoms with van der Waals surface area (Å²) in [6, 6.07) is 11.2. The lowest BCUT2D eigenvalue weighted by Crippen LogP contribution is -2.22. The maximum atomic E-state index is 13.1. The highest BCUT2D eigenvalue weighted by atomic mass is 32.2. The Morgan fingerprint density at radius 2 is 1.72 bits per heavy atom. The Hall–Kier alpha value is -3.04. The maximum absolute atomic E-state index is 13.1.